The minimum atomic E-state index is -0.0103. The second-order valence-electron chi connectivity index (χ2n) is 4.70. The lowest BCUT2D eigenvalue weighted by atomic mass is 10.1. The first-order valence-electron chi connectivity index (χ1n) is 5.73. The van der Waals surface area contributed by atoms with E-state index in [1.807, 2.05) is 25.1 Å². The van der Waals surface area contributed by atoms with Gasteiger partial charge in [0.25, 0.3) is 5.91 Å². The molecule has 0 radical (unpaired) electrons. The van der Waals surface area contributed by atoms with Crippen LogP contribution in [-0.2, 0) is 0 Å². The van der Waals surface area contributed by atoms with Crippen LogP contribution in [0.25, 0.3) is 0 Å². The Bertz CT molecular complexity index is 414. The van der Waals surface area contributed by atoms with E-state index >= 15 is 0 Å². The lowest BCUT2D eigenvalue weighted by Crippen LogP contribution is -2.26. The third-order valence-corrected chi connectivity index (χ3v) is 3.42. The number of nitrogens with two attached hydrogens (primary N) is 1. The summed E-state index contributed by atoms with van der Waals surface area (Å²) in [6, 6.07) is 5.45. The molecule has 1 aromatic rings. The lowest BCUT2D eigenvalue weighted by molar-refractivity contribution is 0.0951. The minimum Gasteiger partial charge on any atom is -0.398 e. The zero-order chi connectivity index (χ0) is 11.7. The molecule has 0 heterocycles. The molecule has 1 amide bonds. The molecule has 1 aliphatic rings. The van der Waals surface area contributed by atoms with Crippen molar-refractivity contribution in [3.05, 3.63) is 29.3 Å². The van der Waals surface area contributed by atoms with Crippen molar-refractivity contribution in [2.75, 3.05) is 12.3 Å². The molecule has 2 atom stereocenters. The summed E-state index contributed by atoms with van der Waals surface area (Å²) >= 11 is 0. The maximum atomic E-state index is 11.9. The van der Waals surface area contributed by atoms with Crippen molar-refractivity contribution in [2.45, 2.75) is 20.3 Å². The molecule has 3 heteroatoms. The second kappa shape index (κ2) is 4.16. The van der Waals surface area contributed by atoms with Crippen LogP contribution in [0.1, 0.15) is 29.3 Å². The van der Waals surface area contributed by atoms with Gasteiger partial charge in [-0.3, -0.25) is 4.79 Å². The van der Waals surface area contributed by atoms with E-state index in [2.05, 4.69) is 12.2 Å². The monoisotopic (exact) mass is 218 g/mol. The number of benzene rings is 1. The zero-order valence-electron chi connectivity index (χ0n) is 9.79. The molecule has 0 spiro atoms. The molecule has 2 rings (SSSR count). The molecule has 0 bridgehead atoms. The number of carbonyl (C=O) groups is 1. The van der Waals surface area contributed by atoms with Gasteiger partial charge in [-0.2, -0.15) is 0 Å². The molecular formula is C13H18N2O. The van der Waals surface area contributed by atoms with Crippen LogP contribution in [0.15, 0.2) is 18.2 Å². The Morgan fingerprint density at radius 2 is 2.25 bits per heavy atom. The van der Waals surface area contributed by atoms with Crippen LogP contribution >= 0.6 is 0 Å². The Morgan fingerprint density at radius 1 is 1.56 bits per heavy atom. The Hall–Kier alpha value is -1.51. The van der Waals surface area contributed by atoms with E-state index in [1.54, 1.807) is 0 Å². The van der Waals surface area contributed by atoms with Gasteiger partial charge < -0.3 is 11.1 Å². The number of rotatable bonds is 3. The molecule has 0 aliphatic heterocycles. The van der Waals surface area contributed by atoms with E-state index in [0.717, 1.165) is 18.0 Å². The second-order valence-corrected chi connectivity index (χ2v) is 4.70. The van der Waals surface area contributed by atoms with Crippen molar-refractivity contribution in [1.29, 1.82) is 0 Å². The summed E-state index contributed by atoms with van der Waals surface area (Å²) in [6.07, 6.45) is 1.23. The van der Waals surface area contributed by atoms with E-state index in [1.165, 1.54) is 6.42 Å². The fourth-order valence-corrected chi connectivity index (χ4v) is 1.90. The van der Waals surface area contributed by atoms with E-state index < -0.39 is 0 Å². The molecule has 1 aromatic carbocycles. The average Bonchev–Trinajstić information content (AvgIpc) is 2.95. The highest BCUT2D eigenvalue weighted by Crippen LogP contribution is 2.36. The van der Waals surface area contributed by atoms with Crippen LogP contribution in [0.4, 0.5) is 5.69 Å². The SMILES string of the molecule is Cc1c(N)cccc1C(=O)NCC1CC1C. The van der Waals surface area contributed by atoms with Crippen molar-refractivity contribution in [3.8, 4) is 0 Å². The Morgan fingerprint density at radius 3 is 2.88 bits per heavy atom. The van der Waals surface area contributed by atoms with Gasteiger partial charge in [-0.25, -0.2) is 0 Å². The van der Waals surface area contributed by atoms with Crippen LogP contribution in [0, 0.1) is 18.8 Å². The maximum absolute atomic E-state index is 11.9. The van der Waals surface area contributed by atoms with Gasteiger partial charge in [0.15, 0.2) is 0 Å². The molecule has 16 heavy (non-hydrogen) atoms. The summed E-state index contributed by atoms with van der Waals surface area (Å²) in [7, 11) is 0. The molecule has 1 saturated carbocycles. The van der Waals surface area contributed by atoms with Crippen LogP contribution < -0.4 is 11.1 Å². The number of hydrogen-bond donors (Lipinski definition) is 2. The molecule has 1 fully saturated rings. The number of hydrogen-bond acceptors (Lipinski definition) is 2. The molecule has 1 aliphatic carbocycles. The normalized spacial score (nSPS) is 22.9. The van der Waals surface area contributed by atoms with Crippen molar-refractivity contribution in [3.63, 3.8) is 0 Å². The Labute approximate surface area is 96.0 Å². The van der Waals surface area contributed by atoms with Crippen molar-refractivity contribution >= 4 is 11.6 Å². The smallest absolute Gasteiger partial charge is 0.251 e. The number of amides is 1. The van der Waals surface area contributed by atoms with Gasteiger partial charge in [-0.05, 0) is 42.9 Å². The van der Waals surface area contributed by atoms with Gasteiger partial charge in [0.1, 0.15) is 0 Å². The standard InChI is InChI=1S/C13H18N2O/c1-8-6-10(8)7-15-13(16)11-4-3-5-12(14)9(11)2/h3-5,8,10H,6-7,14H2,1-2H3,(H,15,16). The highest BCUT2D eigenvalue weighted by Gasteiger charge is 2.32. The highest BCUT2D eigenvalue weighted by atomic mass is 16.1. The third kappa shape index (κ3) is 2.18. The fraction of sp³-hybridized carbons (Fsp3) is 0.462. The highest BCUT2D eigenvalue weighted by molar-refractivity contribution is 5.96. The van der Waals surface area contributed by atoms with Crippen LogP contribution in [-0.4, -0.2) is 12.5 Å². The topological polar surface area (TPSA) is 55.1 Å². The Kier molecular flexibility index (Phi) is 2.86. The largest absolute Gasteiger partial charge is 0.398 e. The Balaban J connectivity index is 2.00. The summed E-state index contributed by atoms with van der Waals surface area (Å²) in [6.45, 7) is 4.88. The molecule has 0 aromatic heterocycles. The number of nitrogen functional groups attached to an aromatic ring is 1. The molecule has 2 unspecified atom stereocenters. The van der Waals surface area contributed by atoms with Crippen LogP contribution in [0.5, 0.6) is 0 Å². The van der Waals surface area contributed by atoms with Crippen LogP contribution in [0.3, 0.4) is 0 Å². The van der Waals surface area contributed by atoms with Gasteiger partial charge in [0.05, 0.1) is 0 Å². The number of nitrogens with one attached hydrogen (secondary N) is 1. The molecule has 3 nitrogen and oxygen atoms in total. The zero-order valence-corrected chi connectivity index (χ0v) is 9.79. The predicted molar refractivity (Wildman–Crippen MR) is 65.2 cm³/mol. The number of anilines is 1. The maximum Gasteiger partial charge on any atom is 0.251 e. The molecule has 86 valence electrons. The van der Waals surface area contributed by atoms with E-state index in [-0.39, 0.29) is 5.91 Å². The summed E-state index contributed by atoms with van der Waals surface area (Å²) in [5, 5.41) is 2.96. The molecule has 3 N–H and O–H groups in total. The van der Waals surface area contributed by atoms with Crippen molar-refractivity contribution in [2.24, 2.45) is 11.8 Å². The number of carbonyl (C=O) groups excluding carboxylic acids is 1. The van der Waals surface area contributed by atoms with Gasteiger partial charge in [-0.15, -0.1) is 0 Å². The first-order valence-corrected chi connectivity index (χ1v) is 5.73. The summed E-state index contributed by atoms with van der Waals surface area (Å²) in [5.74, 6) is 1.43. The van der Waals surface area contributed by atoms with Crippen molar-refractivity contribution in [1.82, 2.24) is 5.32 Å². The minimum absolute atomic E-state index is 0.0103. The van der Waals surface area contributed by atoms with Gasteiger partial charge in [0, 0.05) is 17.8 Å². The van der Waals surface area contributed by atoms with Gasteiger partial charge in [-0.1, -0.05) is 13.0 Å². The summed E-state index contributed by atoms with van der Waals surface area (Å²) in [5.41, 5.74) is 8.00. The lowest BCUT2D eigenvalue weighted by Gasteiger charge is -2.08. The molecule has 0 saturated heterocycles. The fourth-order valence-electron chi connectivity index (χ4n) is 1.90. The predicted octanol–water partition coefficient (Wildman–Crippen LogP) is 1.96. The third-order valence-electron chi connectivity index (χ3n) is 3.42. The average molecular weight is 218 g/mol. The molecular weight excluding hydrogens is 200 g/mol. The first-order chi connectivity index (χ1) is 7.59. The quantitative estimate of drug-likeness (QED) is 0.762. The summed E-state index contributed by atoms with van der Waals surface area (Å²) in [4.78, 5) is 11.9. The van der Waals surface area contributed by atoms with Gasteiger partial charge in [0.2, 0.25) is 0 Å². The van der Waals surface area contributed by atoms with Crippen LogP contribution in [0.2, 0.25) is 0 Å². The van der Waals surface area contributed by atoms with E-state index in [4.69, 9.17) is 5.73 Å². The van der Waals surface area contributed by atoms with Crippen molar-refractivity contribution < 1.29 is 4.79 Å². The van der Waals surface area contributed by atoms with E-state index in [9.17, 15) is 4.79 Å². The van der Waals surface area contributed by atoms with E-state index in [0.29, 0.717) is 17.2 Å². The first kappa shape index (κ1) is 11.0. The summed E-state index contributed by atoms with van der Waals surface area (Å²) < 4.78 is 0. The van der Waals surface area contributed by atoms with Gasteiger partial charge >= 0.3 is 0 Å².